The maximum absolute atomic E-state index is 12.6. The predicted molar refractivity (Wildman–Crippen MR) is 108 cm³/mol. The average Bonchev–Trinajstić information content (AvgIpc) is 2.67. The van der Waals surface area contributed by atoms with Crippen molar-refractivity contribution in [3.05, 3.63) is 24.3 Å². The molecule has 1 heterocycles. The van der Waals surface area contributed by atoms with Gasteiger partial charge in [0.05, 0.1) is 12.8 Å². The second-order valence-electron chi connectivity index (χ2n) is 7.48. The second kappa shape index (κ2) is 10.2. The Bertz CT molecular complexity index is 625. The van der Waals surface area contributed by atoms with Crippen molar-refractivity contribution in [2.24, 2.45) is 5.92 Å². The highest BCUT2D eigenvalue weighted by molar-refractivity contribution is 5.78. The lowest BCUT2D eigenvalue weighted by Crippen LogP contribution is -2.49. The molecule has 6 nitrogen and oxygen atoms in total. The molecule has 150 valence electrons. The molecule has 0 atom stereocenters. The first kappa shape index (κ1) is 21.1. The molecule has 1 aliphatic heterocycles. The first-order chi connectivity index (χ1) is 12.9. The van der Waals surface area contributed by atoms with Crippen molar-refractivity contribution in [3.63, 3.8) is 0 Å². The maximum Gasteiger partial charge on any atom is 0.224 e. The van der Waals surface area contributed by atoms with Crippen LogP contribution in [0.15, 0.2) is 24.3 Å². The molecule has 27 heavy (non-hydrogen) atoms. The standard InChI is InChI=1S/C21H33N3O3/c1-17(2)9-11-22(18(3)25)12-10-21(26)24-15-13-23(14-16-24)19-7-5-6-8-20(19)27-4/h5-8,17H,9-16H2,1-4H3. The average molecular weight is 376 g/mol. The van der Waals surface area contributed by atoms with Crippen LogP contribution < -0.4 is 9.64 Å². The Morgan fingerprint density at radius 1 is 1.11 bits per heavy atom. The molecule has 0 aromatic heterocycles. The van der Waals surface area contributed by atoms with Gasteiger partial charge in [-0.2, -0.15) is 0 Å². The lowest BCUT2D eigenvalue weighted by Gasteiger charge is -2.37. The van der Waals surface area contributed by atoms with Crippen LogP contribution in [0, 0.1) is 5.92 Å². The molecule has 0 bridgehead atoms. The van der Waals surface area contributed by atoms with E-state index >= 15 is 0 Å². The number of carbonyl (C=O) groups is 2. The number of para-hydroxylation sites is 2. The molecule has 0 radical (unpaired) electrons. The number of rotatable bonds is 8. The van der Waals surface area contributed by atoms with Crippen LogP contribution in [0.1, 0.15) is 33.6 Å². The molecular formula is C21H33N3O3. The van der Waals surface area contributed by atoms with Crippen molar-refractivity contribution in [3.8, 4) is 5.75 Å². The number of benzene rings is 1. The first-order valence-electron chi connectivity index (χ1n) is 9.83. The Kier molecular flexibility index (Phi) is 7.95. The van der Waals surface area contributed by atoms with Crippen molar-refractivity contribution in [2.45, 2.75) is 33.6 Å². The number of hydrogen-bond acceptors (Lipinski definition) is 4. The van der Waals surface area contributed by atoms with Gasteiger partial charge in [-0.1, -0.05) is 26.0 Å². The van der Waals surface area contributed by atoms with Gasteiger partial charge >= 0.3 is 0 Å². The van der Waals surface area contributed by atoms with Gasteiger partial charge in [0.15, 0.2) is 0 Å². The molecule has 1 fully saturated rings. The lowest BCUT2D eigenvalue weighted by molar-refractivity contribution is -0.133. The SMILES string of the molecule is COc1ccccc1N1CCN(C(=O)CCN(CCC(C)C)C(C)=O)CC1. The van der Waals surface area contributed by atoms with Gasteiger partial charge in [0, 0.05) is 52.6 Å². The number of amides is 2. The molecule has 0 saturated carbocycles. The van der Waals surface area contributed by atoms with Gasteiger partial charge in [0.2, 0.25) is 11.8 Å². The zero-order valence-corrected chi connectivity index (χ0v) is 17.1. The minimum absolute atomic E-state index is 0.0458. The third-order valence-corrected chi connectivity index (χ3v) is 5.08. The van der Waals surface area contributed by atoms with Crippen LogP contribution >= 0.6 is 0 Å². The molecule has 0 N–H and O–H groups in total. The first-order valence-corrected chi connectivity index (χ1v) is 9.83. The van der Waals surface area contributed by atoms with Gasteiger partial charge in [-0.3, -0.25) is 9.59 Å². The largest absolute Gasteiger partial charge is 0.495 e. The summed E-state index contributed by atoms with van der Waals surface area (Å²) in [7, 11) is 1.68. The van der Waals surface area contributed by atoms with Crippen molar-refractivity contribution in [1.82, 2.24) is 9.80 Å². The molecule has 1 aromatic rings. The van der Waals surface area contributed by atoms with E-state index in [-0.39, 0.29) is 11.8 Å². The Morgan fingerprint density at radius 3 is 2.37 bits per heavy atom. The molecule has 2 rings (SSSR count). The van der Waals surface area contributed by atoms with Crippen molar-refractivity contribution in [2.75, 3.05) is 51.3 Å². The summed E-state index contributed by atoms with van der Waals surface area (Å²) >= 11 is 0. The smallest absolute Gasteiger partial charge is 0.224 e. The van der Waals surface area contributed by atoms with Gasteiger partial charge in [-0.05, 0) is 24.5 Å². The Morgan fingerprint density at radius 2 is 1.78 bits per heavy atom. The van der Waals surface area contributed by atoms with Gasteiger partial charge in [0.25, 0.3) is 0 Å². The van der Waals surface area contributed by atoms with E-state index in [1.165, 1.54) is 0 Å². The van der Waals surface area contributed by atoms with Crippen LogP contribution in [0.3, 0.4) is 0 Å². The monoisotopic (exact) mass is 375 g/mol. The number of ether oxygens (including phenoxy) is 1. The third-order valence-electron chi connectivity index (χ3n) is 5.08. The number of piperazine rings is 1. The Hall–Kier alpha value is -2.24. The van der Waals surface area contributed by atoms with E-state index in [4.69, 9.17) is 4.74 Å². The summed E-state index contributed by atoms with van der Waals surface area (Å²) in [5.41, 5.74) is 1.07. The van der Waals surface area contributed by atoms with E-state index < -0.39 is 0 Å². The number of carbonyl (C=O) groups excluding carboxylic acids is 2. The highest BCUT2D eigenvalue weighted by atomic mass is 16.5. The molecule has 0 unspecified atom stereocenters. The normalized spacial score (nSPS) is 14.4. The summed E-state index contributed by atoms with van der Waals surface area (Å²) in [6, 6.07) is 7.97. The van der Waals surface area contributed by atoms with Crippen LogP contribution in [0.2, 0.25) is 0 Å². The van der Waals surface area contributed by atoms with E-state index in [1.54, 1.807) is 18.9 Å². The molecule has 1 saturated heterocycles. The van der Waals surface area contributed by atoms with Crippen LogP contribution in [0.25, 0.3) is 0 Å². The predicted octanol–water partition coefficient (Wildman–Crippen LogP) is 2.63. The number of methoxy groups -OCH3 is 1. The molecule has 6 heteroatoms. The lowest BCUT2D eigenvalue weighted by atomic mass is 10.1. The highest BCUT2D eigenvalue weighted by Gasteiger charge is 2.23. The summed E-state index contributed by atoms with van der Waals surface area (Å²) in [4.78, 5) is 30.3. The minimum Gasteiger partial charge on any atom is -0.495 e. The van der Waals surface area contributed by atoms with Crippen LogP contribution in [0.4, 0.5) is 5.69 Å². The molecule has 0 spiro atoms. The van der Waals surface area contributed by atoms with E-state index in [1.807, 2.05) is 23.1 Å². The van der Waals surface area contributed by atoms with Gasteiger partial charge in [-0.25, -0.2) is 0 Å². The van der Waals surface area contributed by atoms with Crippen LogP contribution in [-0.4, -0.2) is 68.0 Å². The van der Waals surface area contributed by atoms with Crippen molar-refractivity contribution >= 4 is 17.5 Å². The number of nitrogens with zero attached hydrogens (tertiary/aromatic N) is 3. The Balaban J connectivity index is 1.83. The van der Waals surface area contributed by atoms with E-state index in [0.29, 0.717) is 32.0 Å². The van der Waals surface area contributed by atoms with Crippen molar-refractivity contribution in [1.29, 1.82) is 0 Å². The quantitative estimate of drug-likeness (QED) is 0.701. The summed E-state index contributed by atoms with van der Waals surface area (Å²) < 4.78 is 5.44. The Labute approximate surface area is 163 Å². The molecule has 0 aliphatic carbocycles. The summed E-state index contributed by atoms with van der Waals surface area (Å²) in [6.07, 6.45) is 1.36. The fourth-order valence-corrected chi connectivity index (χ4v) is 3.32. The van der Waals surface area contributed by atoms with Crippen LogP contribution in [0.5, 0.6) is 5.75 Å². The third kappa shape index (κ3) is 6.15. The maximum atomic E-state index is 12.6. The zero-order chi connectivity index (χ0) is 19.8. The summed E-state index contributed by atoms with van der Waals surface area (Å²) in [5.74, 6) is 1.58. The molecule has 2 amide bonds. The second-order valence-corrected chi connectivity index (χ2v) is 7.48. The fourth-order valence-electron chi connectivity index (χ4n) is 3.32. The van der Waals surface area contributed by atoms with E-state index in [2.05, 4.69) is 24.8 Å². The topological polar surface area (TPSA) is 53.1 Å². The van der Waals surface area contributed by atoms with E-state index in [0.717, 1.165) is 37.5 Å². The molecular weight excluding hydrogens is 342 g/mol. The van der Waals surface area contributed by atoms with Gasteiger partial charge in [0.1, 0.15) is 5.75 Å². The molecule has 1 aromatic carbocycles. The zero-order valence-electron chi connectivity index (χ0n) is 17.1. The summed E-state index contributed by atoms with van der Waals surface area (Å²) in [5, 5.41) is 0. The highest BCUT2D eigenvalue weighted by Crippen LogP contribution is 2.28. The van der Waals surface area contributed by atoms with Crippen LogP contribution in [-0.2, 0) is 9.59 Å². The fraction of sp³-hybridized carbons (Fsp3) is 0.619. The molecule has 1 aliphatic rings. The number of anilines is 1. The van der Waals surface area contributed by atoms with Gasteiger partial charge in [-0.15, -0.1) is 0 Å². The van der Waals surface area contributed by atoms with Crippen molar-refractivity contribution < 1.29 is 14.3 Å². The van der Waals surface area contributed by atoms with Gasteiger partial charge < -0.3 is 19.4 Å². The summed E-state index contributed by atoms with van der Waals surface area (Å²) in [6.45, 7) is 10.1. The van der Waals surface area contributed by atoms with E-state index in [9.17, 15) is 9.59 Å². The minimum atomic E-state index is 0.0458. The number of hydrogen-bond donors (Lipinski definition) is 0.